The van der Waals surface area contributed by atoms with Gasteiger partial charge in [-0.1, -0.05) is 6.07 Å². The minimum atomic E-state index is -3.60. The molecule has 1 aliphatic rings. The molecular formula is C16H23ClN6O3S. The van der Waals surface area contributed by atoms with Gasteiger partial charge >= 0.3 is 0 Å². The Bertz CT molecular complexity index is 853. The van der Waals surface area contributed by atoms with Crippen molar-refractivity contribution in [2.45, 2.75) is 24.4 Å². The molecule has 9 nitrogen and oxygen atoms in total. The molecule has 1 aliphatic heterocycles. The molecule has 0 radical (unpaired) electrons. The van der Waals surface area contributed by atoms with Gasteiger partial charge < -0.3 is 10.6 Å². The third-order valence-electron chi connectivity index (χ3n) is 4.11. The second kappa shape index (κ2) is 9.27. The van der Waals surface area contributed by atoms with Crippen molar-refractivity contribution in [3.8, 4) is 0 Å². The minimum Gasteiger partial charge on any atom is -0.348 e. The standard InChI is InChI=1S/C16H22N6O3S.ClH/c1-13(10-21-12-18-11-19-21)20-16(23)14-3-2-4-15(9-14)26(24,25)22-7-5-17-6-8-22;/h2-4,9,11-13,17H,5-8,10H2,1H3,(H,20,23);1H. The van der Waals surface area contributed by atoms with Gasteiger partial charge in [0.25, 0.3) is 5.91 Å². The number of piperazine rings is 1. The number of aromatic nitrogens is 3. The summed E-state index contributed by atoms with van der Waals surface area (Å²) < 4.78 is 28.5. The molecule has 1 saturated heterocycles. The first-order chi connectivity index (χ1) is 12.5. The van der Waals surface area contributed by atoms with Crippen molar-refractivity contribution in [1.29, 1.82) is 0 Å². The number of hydrogen-bond acceptors (Lipinski definition) is 6. The van der Waals surface area contributed by atoms with E-state index < -0.39 is 10.0 Å². The van der Waals surface area contributed by atoms with Crippen LogP contribution in [0.25, 0.3) is 0 Å². The van der Waals surface area contributed by atoms with Crippen molar-refractivity contribution < 1.29 is 13.2 Å². The van der Waals surface area contributed by atoms with Crippen molar-refractivity contribution in [2.24, 2.45) is 0 Å². The molecule has 0 aliphatic carbocycles. The fourth-order valence-corrected chi connectivity index (χ4v) is 4.28. The monoisotopic (exact) mass is 414 g/mol. The van der Waals surface area contributed by atoms with Gasteiger partial charge in [0.05, 0.1) is 11.4 Å². The number of sulfonamides is 1. The summed E-state index contributed by atoms with van der Waals surface area (Å²) in [6, 6.07) is 5.96. The van der Waals surface area contributed by atoms with Crippen LogP contribution in [-0.4, -0.2) is 65.6 Å². The van der Waals surface area contributed by atoms with Crippen molar-refractivity contribution >= 4 is 28.3 Å². The predicted molar refractivity (Wildman–Crippen MR) is 102 cm³/mol. The number of nitrogens with one attached hydrogen (secondary N) is 2. The van der Waals surface area contributed by atoms with Crippen LogP contribution in [0, 0.1) is 0 Å². The molecule has 0 spiro atoms. The lowest BCUT2D eigenvalue weighted by Gasteiger charge is -2.26. The van der Waals surface area contributed by atoms with Crippen LogP contribution in [0.4, 0.5) is 0 Å². The number of nitrogens with zero attached hydrogens (tertiary/aromatic N) is 4. The Hall–Kier alpha value is -2.01. The number of amides is 1. The average molecular weight is 415 g/mol. The number of hydrogen-bond donors (Lipinski definition) is 2. The van der Waals surface area contributed by atoms with Crippen molar-refractivity contribution in [3.05, 3.63) is 42.5 Å². The topological polar surface area (TPSA) is 109 Å². The van der Waals surface area contributed by atoms with Crippen molar-refractivity contribution in [2.75, 3.05) is 26.2 Å². The Kier molecular flexibility index (Phi) is 7.31. The molecule has 1 aromatic heterocycles. The molecule has 2 heterocycles. The molecular weight excluding hydrogens is 392 g/mol. The summed E-state index contributed by atoms with van der Waals surface area (Å²) in [7, 11) is -3.60. The zero-order chi connectivity index (χ0) is 18.6. The summed E-state index contributed by atoms with van der Waals surface area (Å²) in [6.45, 7) is 4.42. The summed E-state index contributed by atoms with van der Waals surface area (Å²) in [4.78, 5) is 16.5. The van der Waals surface area contributed by atoms with E-state index in [1.807, 2.05) is 6.92 Å². The van der Waals surface area contributed by atoms with E-state index in [-0.39, 0.29) is 29.3 Å². The van der Waals surface area contributed by atoms with E-state index in [0.717, 1.165) is 0 Å². The smallest absolute Gasteiger partial charge is 0.251 e. The lowest BCUT2D eigenvalue weighted by Crippen LogP contribution is -2.46. The Morgan fingerprint density at radius 1 is 1.33 bits per heavy atom. The lowest BCUT2D eigenvalue weighted by molar-refractivity contribution is 0.0935. The summed E-state index contributed by atoms with van der Waals surface area (Å²) in [6.07, 6.45) is 3.00. The van der Waals surface area contributed by atoms with E-state index in [2.05, 4.69) is 20.7 Å². The summed E-state index contributed by atoms with van der Waals surface area (Å²) in [5.41, 5.74) is 0.312. The van der Waals surface area contributed by atoms with Crippen molar-refractivity contribution in [3.63, 3.8) is 0 Å². The number of carbonyl (C=O) groups excluding carboxylic acids is 1. The van der Waals surface area contributed by atoms with Gasteiger partial charge in [-0.2, -0.15) is 9.40 Å². The van der Waals surface area contributed by atoms with E-state index >= 15 is 0 Å². The second-order valence-electron chi connectivity index (χ2n) is 6.17. The largest absolute Gasteiger partial charge is 0.348 e. The van der Waals surface area contributed by atoms with E-state index in [1.54, 1.807) is 23.1 Å². The fraction of sp³-hybridized carbons (Fsp3) is 0.438. The normalized spacial score (nSPS) is 16.3. The second-order valence-corrected chi connectivity index (χ2v) is 8.11. The van der Waals surface area contributed by atoms with Gasteiger partial charge in [0.2, 0.25) is 10.0 Å². The summed E-state index contributed by atoms with van der Waals surface area (Å²) in [5, 5.41) is 9.97. The molecule has 3 rings (SSSR count). The maximum Gasteiger partial charge on any atom is 0.251 e. The highest BCUT2D eigenvalue weighted by Crippen LogP contribution is 2.17. The maximum absolute atomic E-state index is 12.7. The maximum atomic E-state index is 12.7. The highest BCUT2D eigenvalue weighted by molar-refractivity contribution is 7.89. The van der Waals surface area contributed by atoms with Crippen LogP contribution in [0.15, 0.2) is 41.8 Å². The molecule has 27 heavy (non-hydrogen) atoms. The van der Waals surface area contributed by atoms with Gasteiger partial charge in [-0.3, -0.25) is 9.48 Å². The molecule has 148 valence electrons. The third kappa shape index (κ3) is 5.25. The van der Waals surface area contributed by atoms with E-state index in [4.69, 9.17) is 0 Å². The number of carbonyl (C=O) groups is 1. The van der Waals surface area contributed by atoms with E-state index in [0.29, 0.717) is 38.3 Å². The molecule has 2 N–H and O–H groups in total. The SMILES string of the molecule is CC(Cn1cncn1)NC(=O)c1cccc(S(=O)(=O)N2CCNCC2)c1.Cl. The molecule has 1 amide bonds. The zero-order valence-electron chi connectivity index (χ0n) is 14.9. The van der Waals surface area contributed by atoms with Gasteiger partial charge in [0.1, 0.15) is 12.7 Å². The number of benzene rings is 1. The first-order valence-corrected chi connectivity index (χ1v) is 9.85. The molecule has 2 aromatic rings. The minimum absolute atomic E-state index is 0. The van der Waals surface area contributed by atoms with Gasteiger partial charge in [-0.05, 0) is 25.1 Å². The average Bonchev–Trinajstić information content (AvgIpc) is 3.15. The molecule has 11 heteroatoms. The quantitative estimate of drug-likeness (QED) is 0.694. The van der Waals surface area contributed by atoms with Crippen LogP contribution in [-0.2, 0) is 16.6 Å². The van der Waals surface area contributed by atoms with Crippen LogP contribution in [0.2, 0.25) is 0 Å². The summed E-state index contributed by atoms with van der Waals surface area (Å²) in [5.74, 6) is -0.324. The highest BCUT2D eigenvalue weighted by Gasteiger charge is 2.26. The van der Waals surface area contributed by atoms with Crippen LogP contribution in [0.5, 0.6) is 0 Å². The van der Waals surface area contributed by atoms with Gasteiger partial charge in [0.15, 0.2) is 0 Å². The van der Waals surface area contributed by atoms with E-state index in [9.17, 15) is 13.2 Å². The predicted octanol–water partition coefficient (Wildman–Crippen LogP) is 0.112. The Morgan fingerprint density at radius 2 is 2.07 bits per heavy atom. The van der Waals surface area contributed by atoms with Crippen LogP contribution >= 0.6 is 12.4 Å². The third-order valence-corrected chi connectivity index (χ3v) is 6.01. The molecule has 1 aromatic carbocycles. The van der Waals surface area contributed by atoms with E-state index in [1.165, 1.54) is 22.8 Å². The Labute approximate surface area is 164 Å². The molecule has 1 fully saturated rings. The first kappa shape index (κ1) is 21.3. The number of halogens is 1. The molecule has 1 atom stereocenters. The first-order valence-electron chi connectivity index (χ1n) is 8.41. The Morgan fingerprint density at radius 3 is 2.74 bits per heavy atom. The van der Waals surface area contributed by atoms with Crippen LogP contribution in [0.3, 0.4) is 0 Å². The fourth-order valence-electron chi connectivity index (χ4n) is 2.79. The number of rotatable bonds is 6. The lowest BCUT2D eigenvalue weighted by atomic mass is 10.2. The highest BCUT2D eigenvalue weighted by atomic mass is 35.5. The van der Waals surface area contributed by atoms with Crippen LogP contribution in [0.1, 0.15) is 17.3 Å². The molecule has 0 bridgehead atoms. The summed E-state index contributed by atoms with van der Waals surface area (Å²) >= 11 is 0. The Balaban J connectivity index is 0.00000261. The van der Waals surface area contributed by atoms with Gasteiger partial charge in [-0.25, -0.2) is 13.4 Å². The molecule has 1 unspecified atom stereocenters. The zero-order valence-corrected chi connectivity index (χ0v) is 16.5. The van der Waals surface area contributed by atoms with Crippen molar-refractivity contribution in [1.82, 2.24) is 29.7 Å². The van der Waals surface area contributed by atoms with Gasteiger partial charge in [0, 0.05) is 37.8 Å². The van der Waals surface area contributed by atoms with Crippen LogP contribution < -0.4 is 10.6 Å². The molecule has 0 saturated carbocycles. The van der Waals surface area contributed by atoms with Gasteiger partial charge in [-0.15, -0.1) is 12.4 Å².